The third-order valence-electron chi connectivity index (χ3n) is 4.80. The number of thiophene rings is 1. The number of carbonyl (C=O) groups is 1. The Kier molecular flexibility index (Phi) is 6.37. The minimum Gasteiger partial charge on any atom is -0.477 e. The van der Waals surface area contributed by atoms with E-state index in [9.17, 15) is 9.90 Å². The molecule has 1 fully saturated rings. The van der Waals surface area contributed by atoms with Crippen LogP contribution in [-0.4, -0.2) is 27.7 Å². The Morgan fingerprint density at radius 3 is 2.69 bits per heavy atom. The number of aromatic carboxylic acids is 1. The number of halogens is 1. The van der Waals surface area contributed by atoms with E-state index in [4.69, 9.17) is 16.7 Å². The van der Waals surface area contributed by atoms with Gasteiger partial charge in [-0.25, -0.2) is 4.79 Å². The summed E-state index contributed by atoms with van der Waals surface area (Å²) in [6.07, 6.45) is 2.69. The standard InChI is InChI=1S/C21H21ClO3S/c22-18-13-19(23)17(11-9-14-5-2-1-3-6-14)16(18)8-4-7-15-10-12-20(26-15)21(24)25/h1-3,5-6,10,12,16-19,23H,4,7-8,13H2,(H,24,25)/t16?,17-,18-,19?/m1/s1. The number of carboxylic acid groups (broad SMARTS) is 1. The number of hydrogen-bond donors (Lipinski definition) is 2. The van der Waals surface area contributed by atoms with Crippen LogP contribution < -0.4 is 0 Å². The molecule has 1 aromatic heterocycles. The molecular weight excluding hydrogens is 368 g/mol. The van der Waals surface area contributed by atoms with Crippen molar-refractivity contribution in [3.8, 4) is 11.8 Å². The minimum atomic E-state index is -0.878. The molecule has 0 bridgehead atoms. The topological polar surface area (TPSA) is 57.5 Å². The van der Waals surface area contributed by atoms with E-state index in [0.717, 1.165) is 29.7 Å². The van der Waals surface area contributed by atoms with Gasteiger partial charge in [-0.1, -0.05) is 30.0 Å². The Hall–Kier alpha value is -1.80. The summed E-state index contributed by atoms with van der Waals surface area (Å²) in [4.78, 5) is 12.4. The minimum absolute atomic E-state index is 0.0713. The maximum absolute atomic E-state index is 11.0. The highest BCUT2D eigenvalue weighted by Gasteiger charge is 2.40. The average Bonchev–Trinajstić information content (AvgIpc) is 3.19. The molecule has 0 amide bonds. The fourth-order valence-corrected chi connectivity index (χ4v) is 4.81. The summed E-state index contributed by atoms with van der Waals surface area (Å²) in [6.45, 7) is 0. The molecule has 2 aromatic rings. The number of alkyl halides is 1. The lowest BCUT2D eigenvalue weighted by molar-refractivity contribution is 0.0702. The third-order valence-corrected chi connectivity index (χ3v) is 6.43. The fourth-order valence-electron chi connectivity index (χ4n) is 3.45. The lowest BCUT2D eigenvalue weighted by Crippen LogP contribution is -2.19. The first kappa shape index (κ1) is 19.0. The molecule has 136 valence electrons. The highest BCUT2D eigenvalue weighted by atomic mass is 35.5. The van der Waals surface area contributed by atoms with Crippen LogP contribution in [0.25, 0.3) is 0 Å². The fraction of sp³-hybridized carbons (Fsp3) is 0.381. The second-order valence-electron chi connectivity index (χ2n) is 6.61. The van der Waals surface area contributed by atoms with Crippen LogP contribution in [0.3, 0.4) is 0 Å². The van der Waals surface area contributed by atoms with Gasteiger partial charge in [0.1, 0.15) is 4.88 Å². The summed E-state index contributed by atoms with van der Waals surface area (Å²) in [6, 6.07) is 13.3. The predicted octanol–water partition coefficient (Wildman–Crippen LogP) is 4.43. The van der Waals surface area contributed by atoms with Crippen molar-refractivity contribution in [2.75, 3.05) is 0 Å². The number of hydrogen-bond acceptors (Lipinski definition) is 3. The predicted molar refractivity (Wildman–Crippen MR) is 105 cm³/mol. The first-order valence-corrected chi connectivity index (χ1v) is 10.0. The van der Waals surface area contributed by atoms with Crippen LogP contribution in [0.1, 0.15) is 39.4 Å². The SMILES string of the molecule is O=C(O)c1ccc(CCCC2[C@@H](C#Cc3ccccc3)C(O)C[C@H]2Cl)s1. The molecule has 2 N–H and O–H groups in total. The van der Waals surface area contributed by atoms with Gasteiger partial charge in [-0.15, -0.1) is 22.9 Å². The van der Waals surface area contributed by atoms with Crippen LogP contribution in [-0.2, 0) is 6.42 Å². The van der Waals surface area contributed by atoms with Gasteiger partial charge in [0.2, 0.25) is 0 Å². The number of benzene rings is 1. The van der Waals surface area contributed by atoms with E-state index in [1.54, 1.807) is 6.07 Å². The van der Waals surface area contributed by atoms with Gasteiger partial charge in [0, 0.05) is 15.8 Å². The van der Waals surface area contributed by atoms with E-state index >= 15 is 0 Å². The Morgan fingerprint density at radius 2 is 2.00 bits per heavy atom. The zero-order chi connectivity index (χ0) is 18.5. The highest BCUT2D eigenvalue weighted by molar-refractivity contribution is 7.13. The number of rotatable bonds is 5. The van der Waals surface area contributed by atoms with Gasteiger partial charge in [-0.05, 0) is 55.9 Å². The molecule has 1 aliphatic rings. The Bertz CT molecular complexity index is 805. The third kappa shape index (κ3) is 4.67. The van der Waals surface area contributed by atoms with Crippen LogP contribution in [0.15, 0.2) is 42.5 Å². The molecule has 2 unspecified atom stereocenters. The normalized spacial score (nSPS) is 24.8. The lowest BCUT2D eigenvalue weighted by Gasteiger charge is -2.18. The maximum Gasteiger partial charge on any atom is 0.345 e. The number of aliphatic hydroxyl groups is 1. The smallest absolute Gasteiger partial charge is 0.345 e. The first-order chi connectivity index (χ1) is 12.5. The molecule has 3 nitrogen and oxygen atoms in total. The van der Waals surface area contributed by atoms with E-state index in [-0.39, 0.29) is 17.2 Å². The highest BCUT2D eigenvalue weighted by Crippen LogP contribution is 2.39. The summed E-state index contributed by atoms with van der Waals surface area (Å²) in [7, 11) is 0. The molecule has 0 radical (unpaired) electrons. The Labute approximate surface area is 162 Å². The van der Waals surface area contributed by atoms with E-state index in [1.165, 1.54) is 11.3 Å². The average molecular weight is 389 g/mol. The summed E-state index contributed by atoms with van der Waals surface area (Å²) >= 11 is 7.80. The van der Waals surface area contributed by atoms with Crippen molar-refractivity contribution in [1.29, 1.82) is 0 Å². The molecule has 4 atom stereocenters. The quantitative estimate of drug-likeness (QED) is 0.588. The van der Waals surface area contributed by atoms with Crippen LogP contribution in [0, 0.1) is 23.7 Å². The molecular formula is C21H21ClO3S. The molecule has 1 heterocycles. The van der Waals surface area contributed by atoms with Crippen molar-refractivity contribution in [2.45, 2.75) is 37.2 Å². The van der Waals surface area contributed by atoms with Crippen molar-refractivity contribution >= 4 is 28.9 Å². The van der Waals surface area contributed by atoms with E-state index < -0.39 is 12.1 Å². The summed E-state index contributed by atoms with van der Waals surface area (Å²) < 4.78 is 0. The first-order valence-electron chi connectivity index (χ1n) is 8.75. The Balaban J connectivity index is 1.61. The zero-order valence-electron chi connectivity index (χ0n) is 14.3. The summed E-state index contributed by atoms with van der Waals surface area (Å²) in [5.41, 5.74) is 0.941. The van der Waals surface area contributed by atoms with Crippen LogP contribution in [0.2, 0.25) is 0 Å². The number of aliphatic hydroxyl groups excluding tert-OH is 1. The van der Waals surface area contributed by atoms with E-state index in [1.807, 2.05) is 36.4 Å². The van der Waals surface area contributed by atoms with Gasteiger partial charge in [-0.2, -0.15) is 0 Å². The molecule has 3 rings (SSSR count). The number of carboxylic acids is 1. The van der Waals surface area contributed by atoms with E-state index in [2.05, 4.69) is 11.8 Å². The molecule has 0 spiro atoms. The maximum atomic E-state index is 11.0. The van der Waals surface area contributed by atoms with Crippen molar-refractivity contribution < 1.29 is 15.0 Å². The lowest BCUT2D eigenvalue weighted by atomic mass is 9.90. The van der Waals surface area contributed by atoms with Crippen molar-refractivity contribution in [1.82, 2.24) is 0 Å². The van der Waals surface area contributed by atoms with Crippen LogP contribution in [0.5, 0.6) is 0 Å². The van der Waals surface area contributed by atoms with Gasteiger partial charge in [-0.3, -0.25) is 0 Å². The molecule has 1 saturated carbocycles. The van der Waals surface area contributed by atoms with E-state index in [0.29, 0.717) is 11.3 Å². The molecule has 0 saturated heterocycles. The summed E-state index contributed by atoms with van der Waals surface area (Å²) in [5.74, 6) is 5.56. The second-order valence-corrected chi connectivity index (χ2v) is 8.34. The molecule has 0 aliphatic heterocycles. The van der Waals surface area contributed by atoms with Gasteiger partial charge in [0.25, 0.3) is 0 Å². The molecule has 5 heteroatoms. The van der Waals surface area contributed by atoms with Gasteiger partial charge >= 0.3 is 5.97 Å². The summed E-state index contributed by atoms with van der Waals surface area (Å²) in [5, 5.41) is 19.3. The second kappa shape index (κ2) is 8.73. The monoisotopic (exact) mass is 388 g/mol. The van der Waals surface area contributed by atoms with Crippen molar-refractivity contribution in [2.24, 2.45) is 11.8 Å². The Morgan fingerprint density at radius 1 is 1.23 bits per heavy atom. The molecule has 1 aliphatic carbocycles. The van der Waals surface area contributed by atoms with Gasteiger partial charge in [0.05, 0.1) is 12.0 Å². The van der Waals surface area contributed by atoms with Crippen molar-refractivity contribution in [3.05, 3.63) is 57.8 Å². The van der Waals surface area contributed by atoms with Gasteiger partial charge in [0.15, 0.2) is 0 Å². The molecule has 1 aromatic carbocycles. The largest absolute Gasteiger partial charge is 0.477 e. The zero-order valence-corrected chi connectivity index (χ0v) is 15.8. The molecule has 26 heavy (non-hydrogen) atoms. The van der Waals surface area contributed by atoms with Crippen LogP contribution in [0.4, 0.5) is 0 Å². The van der Waals surface area contributed by atoms with Gasteiger partial charge < -0.3 is 10.2 Å². The van der Waals surface area contributed by atoms with Crippen LogP contribution >= 0.6 is 22.9 Å². The van der Waals surface area contributed by atoms with Crippen molar-refractivity contribution in [3.63, 3.8) is 0 Å². The number of aryl methyl sites for hydroxylation is 1.